The zero-order valence-electron chi connectivity index (χ0n) is 19.0. The molecule has 0 aliphatic heterocycles. The first-order valence-electron chi connectivity index (χ1n) is 11.5. The number of furan rings is 1. The summed E-state index contributed by atoms with van der Waals surface area (Å²) < 4.78 is 6.93. The summed E-state index contributed by atoms with van der Waals surface area (Å²) in [6.45, 7) is 0.285. The van der Waals surface area contributed by atoms with Gasteiger partial charge in [0.05, 0.1) is 23.7 Å². The third kappa shape index (κ3) is 5.40. The average molecular weight is 472 g/mol. The highest BCUT2D eigenvalue weighted by atomic mass is 16.3. The van der Waals surface area contributed by atoms with E-state index in [1.165, 1.54) is 0 Å². The first-order chi connectivity index (χ1) is 17.1. The van der Waals surface area contributed by atoms with Crippen molar-refractivity contribution in [3.05, 3.63) is 88.9 Å². The molecule has 0 bridgehead atoms. The van der Waals surface area contributed by atoms with Gasteiger partial charge in [-0.25, -0.2) is 9.78 Å². The molecule has 2 aromatic heterocycles. The van der Waals surface area contributed by atoms with Gasteiger partial charge < -0.3 is 20.4 Å². The van der Waals surface area contributed by atoms with Crippen LogP contribution >= 0.6 is 0 Å². The highest BCUT2D eigenvalue weighted by Crippen LogP contribution is 2.35. The summed E-state index contributed by atoms with van der Waals surface area (Å²) in [6, 6.07) is 17.5. The molecule has 1 saturated carbocycles. The van der Waals surface area contributed by atoms with E-state index in [4.69, 9.17) is 4.42 Å². The quantitative estimate of drug-likeness (QED) is 0.356. The molecule has 5 rings (SSSR count). The Labute approximate surface area is 201 Å². The number of fused-ring (bicyclic) bond motifs is 1. The zero-order valence-corrected chi connectivity index (χ0v) is 19.0. The van der Waals surface area contributed by atoms with Gasteiger partial charge in [-0.2, -0.15) is 0 Å². The Morgan fingerprint density at radius 3 is 2.43 bits per heavy atom. The lowest BCUT2D eigenvalue weighted by atomic mass is 10.2. The van der Waals surface area contributed by atoms with Crippen molar-refractivity contribution in [3.63, 3.8) is 0 Å². The number of nitrogens with zero attached hydrogens (tertiary/aromatic N) is 2. The molecule has 0 unspecified atom stereocenters. The second-order valence-corrected chi connectivity index (χ2v) is 8.46. The number of para-hydroxylation sites is 1. The van der Waals surface area contributed by atoms with Gasteiger partial charge in [0.15, 0.2) is 0 Å². The van der Waals surface area contributed by atoms with E-state index in [0.717, 1.165) is 12.8 Å². The zero-order chi connectivity index (χ0) is 24.2. The van der Waals surface area contributed by atoms with Crippen LogP contribution in [0.1, 0.15) is 36.9 Å². The summed E-state index contributed by atoms with van der Waals surface area (Å²) in [6.07, 6.45) is 4.04. The third-order valence-electron chi connectivity index (χ3n) is 5.80. The molecule has 2 heterocycles. The number of aromatic nitrogens is 2. The van der Waals surface area contributed by atoms with Crippen molar-refractivity contribution in [2.24, 2.45) is 0 Å². The molecule has 1 fully saturated rings. The van der Waals surface area contributed by atoms with Crippen LogP contribution < -0.4 is 21.5 Å². The number of benzene rings is 2. The average Bonchev–Trinajstić information content (AvgIpc) is 3.56. The van der Waals surface area contributed by atoms with Crippen molar-refractivity contribution in [3.8, 4) is 0 Å². The first-order valence-corrected chi connectivity index (χ1v) is 11.5. The van der Waals surface area contributed by atoms with Crippen molar-refractivity contribution >= 4 is 34.2 Å². The Hall–Kier alpha value is -4.40. The van der Waals surface area contributed by atoms with E-state index < -0.39 is 0 Å². The van der Waals surface area contributed by atoms with Gasteiger partial charge >= 0.3 is 6.03 Å². The standard InChI is InChI=1S/C26H25N5O4/c32-24(14-13-23-30-22-6-2-1-5-21(22)25(33)31(23)19-11-12-19)28-17-7-9-18(10-8-17)29-26(34)27-16-20-4-3-15-35-20/h1-10,15,19H,11-14,16H2,(H,28,32)(H2,27,29,34). The predicted octanol–water partition coefficient (Wildman–Crippen LogP) is 4.22. The fraction of sp³-hybridized carbons (Fsp3) is 0.231. The van der Waals surface area contributed by atoms with Crippen LogP contribution in [0.15, 0.2) is 76.1 Å². The lowest BCUT2D eigenvalue weighted by Crippen LogP contribution is -2.28. The molecular formula is C26H25N5O4. The van der Waals surface area contributed by atoms with Crippen molar-refractivity contribution in [1.29, 1.82) is 0 Å². The number of carbonyl (C=O) groups is 2. The number of amides is 3. The molecule has 1 aliphatic rings. The van der Waals surface area contributed by atoms with Crippen molar-refractivity contribution in [2.75, 3.05) is 10.6 Å². The molecule has 0 atom stereocenters. The maximum absolute atomic E-state index is 13.0. The molecule has 3 N–H and O–H groups in total. The van der Waals surface area contributed by atoms with Crippen LogP contribution in [0.5, 0.6) is 0 Å². The fourth-order valence-corrected chi connectivity index (χ4v) is 3.92. The molecule has 4 aromatic rings. The normalized spacial score (nSPS) is 12.9. The SMILES string of the molecule is O=C(CCc1nc2ccccc2c(=O)n1C1CC1)Nc1ccc(NC(=O)NCc2ccco2)cc1. The molecule has 35 heavy (non-hydrogen) atoms. The van der Waals surface area contributed by atoms with Gasteiger partial charge in [0.25, 0.3) is 5.56 Å². The molecular weight excluding hydrogens is 446 g/mol. The number of urea groups is 1. The van der Waals surface area contributed by atoms with Crippen LogP contribution in [0.25, 0.3) is 10.9 Å². The minimum absolute atomic E-state index is 0.0372. The summed E-state index contributed by atoms with van der Waals surface area (Å²) >= 11 is 0. The highest BCUT2D eigenvalue weighted by molar-refractivity contribution is 5.92. The molecule has 178 valence electrons. The topological polar surface area (TPSA) is 118 Å². The van der Waals surface area contributed by atoms with Crippen molar-refractivity contribution < 1.29 is 14.0 Å². The van der Waals surface area contributed by atoms with E-state index >= 15 is 0 Å². The minimum atomic E-state index is -0.359. The maximum Gasteiger partial charge on any atom is 0.319 e. The smallest absolute Gasteiger partial charge is 0.319 e. The molecule has 0 saturated heterocycles. The minimum Gasteiger partial charge on any atom is -0.467 e. The Morgan fingerprint density at radius 1 is 0.971 bits per heavy atom. The van der Waals surface area contributed by atoms with Crippen LogP contribution in [-0.2, 0) is 17.8 Å². The van der Waals surface area contributed by atoms with E-state index in [-0.39, 0.29) is 36.5 Å². The molecule has 9 nitrogen and oxygen atoms in total. The number of rotatable bonds is 8. The lowest BCUT2D eigenvalue weighted by Gasteiger charge is -2.13. The van der Waals surface area contributed by atoms with E-state index in [0.29, 0.717) is 40.3 Å². The van der Waals surface area contributed by atoms with Crippen LogP contribution in [0.4, 0.5) is 16.2 Å². The third-order valence-corrected chi connectivity index (χ3v) is 5.80. The predicted molar refractivity (Wildman–Crippen MR) is 132 cm³/mol. The summed E-state index contributed by atoms with van der Waals surface area (Å²) in [5, 5.41) is 8.89. The maximum atomic E-state index is 13.0. The summed E-state index contributed by atoms with van der Waals surface area (Å²) in [5.74, 6) is 1.13. The van der Waals surface area contributed by atoms with Gasteiger partial charge in [-0.3, -0.25) is 14.2 Å². The monoisotopic (exact) mass is 471 g/mol. The number of hydrogen-bond donors (Lipinski definition) is 3. The summed E-state index contributed by atoms with van der Waals surface area (Å²) in [4.78, 5) is 42.2. The van der Waals surface area contributed by atoms with Crippen LogP contribution in [0, 0.1) is 0 Å². The Morgan fingerprint density at radius 2 is 1.71 bits per heavy atom. The van der Waals surface area contributed by atoms with Gasteiger partial charge in [0.1, 0.15) is 11.6 Å². The second kappa shape index (κ2) is 9.84. The van der Waals surface area contributed by atoms with E-state index in [9.17, 15) is 14.4 Å². The molecule has 3 amide bonds. The Bertz CT molecular complexity index is 1410. The van der Waals surface area contributed by atoms with E-state index in [1.54, 1.807) is 53.3 Å². The van der Waals surface area contributed by atoms with Crippen molar-refractivity contribution in [1.82, 2.24) is 14.9 Å². The number of nitrogens with one attached hydrogen (secondary N) is 3. The lowest BCUT2D eigenvalue weighted by molar-refractivity contribution is -0.116. The Balaban J connectivity index is 1.17. The van der Waals surface area contributed by atoms with Gasteiger partial charge in [-0.05, 0) is 61.4 Å². The van der Waals surface area contributed by atoms with Gasteiger partial charge in [0.2, 0.25) is 5.91 Å². The molecule has 1 aliphatic carbocycles. The van der Waals surface area contributed by atoms with Gasteiger partial charge in [-0.15, -0.1) is 0 Å². The van der Waals surface area contributed by atoms with Crippen LogP contribution in [0.2, 0.25) is 0 Å². The molecule has 2 aromatic carbocycles. The number of carbonyl (C=O) groups excluding carboxylic acids is 2. The largest absolute Gasteiger partial charge is 0.467 e. The van der Waals surface area contributed by atoms with E-state index in [2.05, 4.69) is 20.9 Å². The highest BCUT2D eigenvalue weighted by Gasteiger charge is 2.28. The van der Waals surface area contributed by atoms with Crippen LogP contribution in [-0.4, -0.2) is 21.5 Å². The van der Waals surface area contributed by atoms with Crippen LogP contribution in [0.3, 0.4) is 0 Å². The first kappa shape index (κ1) is 22.4. The van der Waals surface area contributed by atoms with Crippen molar-refractivity contribution in [2.45, 2.75) is 38.3 Å². The van der Waals surface area contributed by atoms with E-state index in [1.807, 2.05) is 18.2 Å². The fourth-order valence-electron chi connectivity index (χ4n) is 3.92. The number of hydrogen-bond acceptors (Lipinski definition) is 5. The molecule has 9 heteroatoms. The number of aryl methyl sites for hydroxylation is 1. The second-order valence-electron chi connectivity index (χ2n) is 8.46. The van der Waals surface area contributed by atoms with Gasteiger partial charge in [0, 0.05) is 30.3 Å². The molecule has 0 spiro atoms. The Kier molecular flexibility index (Phi) is 6.30. The summed E-state index contributed by atoms with van der Waals surface area (Å²) in [5.41, 5.74) is 1.82. The molecule has 0 radical (unpaired) electrons. The summed E-state index contributed by atoms with van der Waals surface area (Å²) in [7, 11) is 0. The number of anilines is 2. The van der Waals surface area contributed by atoms with Gasteiger partial charge in [-0.1, -0.05) is 12.1 Å².